The minimum Gasteiger partial charge on any atom is -0.465 e. The maximum Gasteiger partial charge on any atom is 0.404 e. The summed E-state index contributed by atoms with van der Waals surface area (Å²) in [7, 11) is 3.36. The number of nitrogens with zero attached hydrogens (tertiary/aromatic N) is 1. The predicted octanol–water partition coefficient (Wildman–Crippen LogP) is -0.182. The molecule has 3 N–H and O–H groups in total. The standard InChI is InChI=1S/C12H15N3O5S2/c16-9-1-2-10(17)15(9)8(5-13-12(19)20)11(18)14-7-3-4-21-22-6-7/h1-2,7-8,13H,3-6H2,(H,14,18)(H,19,20)/t7-,8?/m0/s1. The molecule has 0 aromatic rings. The lowest BCUT2D eigenvalue weighted by molar-refractivity contribution is -0.145. The van der Waals surface area contributed by atoms with Gasteiger partial charge in [-0.3, -0.25) is 19.3 Å². The van der Waals surface area contributed by atoms with E-state index in [4.69, 9.17) is 5.11 Å². The van der Waals surface area contributed by atoms with E-state index >= 15 is 0 Å². The molecular weight excluding hydrogens is 330 g/mol. The summed E-state index contributed by atoms with van der Waals surface area (Å²) in [6.07, 6.45) is 1.60. The third-order valence-corrected chi connectivity index (χ3v) is 5.67. The molecule has 0 bridgehead atoms. The van der Waals surface area contributed by atoms with Gasteiger partial charge in [-0.25, -0.2) is 4.79 Å². The molecule has 0 aliphatic carbocycles. The molecule has 2 aliphatic heterocycles. The molecule has 120 valence electrons. The van der Waals surface area contributed by atoms with E-state index in [-0.39, 0.29) is 12.6 Å². The molecule has 0 saturated carbocycles. The molecule has 0 aromatic heterocycles. The van der Waals surface area contributed by atoms with Crippen LogP contribution in [0.15, 0.2) is 12.2 Å². The second kappa shape index (κ2) is 7.54. The van der Waals surface area contributed by atoms with Crippen LogP contribution in [0.4, 0.5) is 4.79 Å². The maximum absolute atomic E-state index is 12.4. The van der Waals surface area contributed by atoms with Gasteiger partial charge in [0.05, 0.1) is 6.54 Å². The topological polar surface area (TPSA) is 116 Å². The molecule has 0 aromatic carbocycles. The highest BCUT2D eigenvalue weighted by atomic mass is 33.1. The summed E-state index contributed by atoms with van der Waals surface area (Å²) in [4.78, 5) is 47.2. The molecule has 4 amide bonds. The van der Waals surface area contributed by atoms with Crippen molar-refractivity contribution in [2.24, 2.45) is 0 Å². The number of hydrogen-bond donors (Lipinski definition) is 3. The van der Waals surface area contributed by atoms with E-state index in [9.17, 15) is 19.2 Å². The zero-order chi connectivity index (χ0) is 16.1. The van der Waals surface area contributed by atoms with Crippen LogP contribution < -0.4 is 10.6 Å². The Labute approximate surface area is 134 Å². The molecule has 1 saturated heterocycles. The minimum absolute atomic E-state index is 0.0492. The average Bonchev–Trinajstić information content (AvgIpc) is 2.80. The molecule has 10 heteroatoms. The molecule has 2 rings (SSSR count). The average molecular weight is 345 g/mol. The number of amides is 4. The van der Waals surface area contributed by atoms with Gasteiger partial charge >= 0.3 is 6.09 Å². The first-order valence-electron chi connectivity index (χ1n) is 6.56. The molecule has 1 unspecified atom stereocenters. The third kappa shape index (κ3) is 4.17. The van der Waals surface area contributed by atoms with Crippen molar-refractivity contribution < 1.29 is 24.3 Å². The summed E-state index contributed by atoms with van der Waals surface area (Å²) < 4.78 is 0. The lowest BCUT2D eigenvalue weighted by atomic mass is 10.2. The fourth-order valence-electron chi connectivity index (χ4n) is 2.08. The van der Waals surface area contributed by atoms with Crippen molar-refractivity contribution in [3.05, 3.63) is 12.2 Å². The van der Waals surface area contributed by atoms with Crippen molar-refractivity contribution in [3.8, 4) is 0 Å². The van der Waals surface area contributed by atoms with Crippen molar-refractivity contribution in [1.82, 2.24) is 15.5 Å². The van der Waals surface area contributed by atoms with Gasteiger partial charge < -0.3 is 15.7 Å². The van der Waals surface area contributed by atoms with Crippen LogP contribution >= 0.6 is 21.6 Å². The van der Waals surface area contributed by atoms with E-state index in [1.165, 1.54) is 0 Å². The van der Waals surface area contributed by atoms with Gasteiger partial charge in [0.2, 0.25) is 5.91 Å². The number of carbonyl (C=O) groups excluding carboxylic acids is 3. The Kier molecular flexibility index (Phi) is 5.72. The Morgan fingerprint density at radius 3 is 2.55 bits per heavy atom. The first-order valence-corrected chi connectivity index (χ1v) is 9.04. The van der Waals surface area contributed by atoms with Crippen molar-refractivity contribution in [2.75, 3.05) is 18.1 Å². The Balaban J connectivity index is 2.05. The van der Waals surface area contributed by atoms with Crippen LogP contribution in [0.2, 0.25) is 0 Å². The minimum atomic E-state index is -1.32. The molecular formula is C12H15N3O5S2. The summed E-state index contributed by atoms with van der Waals surface area (Å²) in [5, 5.41) is 13.5. The van der Waals surface area contributed by atoms with E-state index in [0.29, 0.717) is 0 Å². The highest BCUT2D eigenvalue weighted by molar-refractivity contribution is 8.76. The molecule has 0 spiro atoms. The Morgan fingerprint density at radius 2 is 2.00 bits per heavy atom. The van der Waals surface area contributed by atoms with Gasteiger partial charge in [-0.15, -0.1) is 0 Å². The lowest BCUT2D eigenvalue weighted by Gasteiger charge is -2.28. The van der Waals surface area contributed by atoms with Crippen molar-refractivity contribution in [3.63, 3.8) is 0 Å². The first kappa shape index (κ1) is 16.7. The maximum atomic E-state index is 12.4. The molecule has 0 radical (unpaired) electrons. The van der Waals surface area contributed by atoms with E-state index in [0.717, 1.165) is 35.0 Å². The molecule has 8 nitrogen and oxygen atoms in total. The van der Waals surface area contributed by atoms with E-state index in [1.54, 1.807) is 21.6 Å². The molecule has 2 heterocycles. The Bertz CT molecular complexity index is 501. The second-order valence-electron chi connectivity index (χ2n) is 4.68. The zero-order valence-corrected chi connectivity index (χ0v) is 13.1. The summed E-state index contributed by atoms with van der Waals surface area (Å²) in [6.45, 7) is -0.338. The number of nitrogens with one attached hydrogen (secondary N) is 2. The summed E-state index contributed by atoms with van der Waals surface area (Å²) in [5.74, 6) is -0.139. The summed E-state index contributed by atoms with van der Waals surface area (Å²) in [6, 6.07) is -1.24. The van der Waals surface area contributed by atoms with E-state index in [1.807, 2.05) is 0 Å². The van der Waals surface area contributed by atoms with Crippen molar-refractivity contribution in [1.29, 1.82) is 0 Å². The monoisotopic (exact) mass is 345 g/mol. The molecule has 2 aliphatic rings. The number of carboxylic acid groups (broad SMARTS) is 1. The van der Waals surface area contributed by atoms with Crippen LogP contribution in [0.3, 0.4) is 0 Å². The molecule has 1 fully saturated rings. The molecule has 22 heavy (non-hydrogen) atoms. The third-order valence-electron chi connectivity index (χ3n) is 3.15. The smallest absolute Gasteiger partial charge is 0.404 e. The van der Waals surface area contributed by atoms with Gasteiger partial charge in [0.1, 0.15) is 6.04 Å². The fourth-order valence-corrected chi connectivity index (χ4v) is 4.51. The predicted molar refractivity (Wildman–Crippen MR) is 82.3 cm³/mol. The summed E-state index contributed by atoms with van der Waals surface area (Å²) >= 11 is 0. The number of carbonyl (C=O) groups is 4. The van der Waals surface area contributed by atoms with Gasteiger partial charge in [-0.05, 0) is 6.42 Å². The highest BCUT2D eigenvalue weighted by Gasteiger charge is 2.36. The number of rotatable bonds is 5. The van der Waals surface area contributed by atoms with Gasteiger partial charge in [-0.2, -0.15) is 0 Å². The van der Waals surface area contributed by atoms with Crippen LogP contribution in [0, 0.1) is 0 Å². The normalized spacial score (nSPS) is 22.5. The van der Waals surface area contributed by atoms with Gasteiger partial charge in [-0.1, -0.05) is 21.6 Å². The summed E-state index contributed by atoms with van der Waals surface area (Å²) in [5.41, 5.74) is 0. The fraction of sp³-hybridized carbons (Fsp3) is 0.500. The second-order valence-corrected chi connectivity index (χ2v) is 7.31. The van der Waals surface area contributed by atoms with E-state index in [2.05, 4.69) is 10.6 Å². The van der Waals surface area contributed by atoms with Crippen molar-refractivity contribution >= 4 is 45.4 Å². The lowest BCUT2D eigenvalue weighted by Crippen LogP contribution is -2.56. The number of imide groups is 1. The first-order chi connectivity index (χ1) is 10.5. The Hall–Kier alpha value is -1.68. The van der Waals surface area contributed by atoms with Crippen LogP contribution in [0.1, 0.15) is 6.42 Å². The van der Waals surface area contributed by atoms with Gasteiger partial charge in [0, 0.05) is 29.7 Å². The zero-order valence-electron chi connectivity index (χ0n) is 11.5. The van der Waals surface area contributed by atoms with Crippen LogP contribution in [-0.2, 0) is 14.4 Å². The number of hydrogen-bond acceptors (Lipinski definition) is 6. The Morgan fingerprint density at radius 1 is 1.32 bits per heavy atom. The van der Waals surface area contributed by atoms with Gasteiger partial charge in [0.25, 0.3) is 11.8 Å². The quantitative estimate of drug-likeness (QED) is 0.467. The molecule has 2 atom stereocenters. The SMILES string of the molecule is O=C(O)NCC(C(=O)N[C@H]1CCSSC1)N1C(=O)C=CC1=O. The van der Waals surface area contributed by atoms with Crippen molar-refractivity contribution in [2.45, 2.75) is 18.5 Å². The van der Waals surface area contributed by atoms with Gasteiger partial charge in [0.15, 0.2) is 0 Å². The van der Waals surface area contributed by atoms with Crippen LogP contribution in [-0.4, -0.2) is 64.0 Å². The van der Waals surface area contributed by atoms with Crippen LogP contribution in [0.25, 0.3) is 0 Å². The largest absolute Gasteiger partial charge is 0.465 e. The van der Waals surface area contributed by atoms with Crippen LogP contribution in [0.5, 0.6) is 0 Å². The highest BCUT2D eigenvalue weighted by Crippen LogP contribution is 2.29. The van der Waals surface area contributed by atoms with E-state index < -0.39 is 29.9 Å².